The molecular weight excluding hydrogens is 212 g/mol. The minimum Gasteiger partial charge on any atom is -0.292 e. The van der Waals surface area contributed by atoms with Crippen LogP contribution in [0, 0.1) is 17.2 Å². The number of hydrogen-bond acceptors (Lipinski definition) is 2. The van der Waals surface area contributed by atoms with Crippen LogP contribution < -0.4 is 0 Å². The van der Waals surface area contributed by atoms with Crippen LogP contribution in [0.3, 0.4) is 0 Å². The van der Waals surface area contributed by atoms with Crippen molar-refractivity contribution in [1.29, 1.82) is 5.26 Å². The lowest BCUT2D eigenvalue weighted by Crippen LogP contribution is -2.30. The van der Waals surface area contributed by atoms with Gasteiger partial charge in [-0.1, -0.05) is 26.0 Å². The minimum atomic E-state index is -3.53. The number of carbonyl (C=O) groups is 1. The fourth-order valence-electron chi connectivity index (χ4n) is 1.29. The summed E-state index contributed by atoms with van der Waals surface area (Å²) in [7, 11) is 0. The Morgan fingerprint density at radius 1 is 1.44 bits per heavy atom. The van der Waals surface area contributed by atoms with Gasteiger partial charge in [0.2, 0.25) is 5.78 Å². The number of nitriles is 1. The van der Waals surface area contributed by atoms with Crippen LogP contribution in [0.4, 0.5) is 8.78 Å². The topological polar surface area (TPSA) is 40.9 Å². The summed E-state index contributed by atoms with van der Waals surface area (Å²) in [5.41, 5.74) is -0.306. The highest BCUT2D eigenvalue weighted by molar-refractivity contribution is 5.88. The van der Waals surface area contributed by atoms with Gasteiger partial charge in [0.05, 0.1) is 11.6 Å². The first-order valence-corrected chi connectivity index (χ1v) is 4.82. The van der Waals surface area contributed by atoms with Crippen LogP contribution >= 0.6 is 0 Å². The van der Waals surface area contributed by atoms with Crippen molar-refractivity contribution >= 4 is 5.78 Å². The smallest absolute Gasteiger partial charge is 0.292 e. The molecule has 0 aromatic heterocycles. The molecule has 0 atom stereocenters. The average molecular weight is 223 g/mol. The molecule has 1 aromatic carbocycles. The van der Waals surface area contributed by atoms with E-state index in [1.807, 2.05) is 0 Å². The molecule has 0 amide bonds. The molecule has 0 spiro atoms. The molecule has 0 N–H and O–H groups in total. The molecule has 0 fully saturated rings. The summed E-state index contributed by atoms with van der Waals surface area (Å²) in [5, 5.41) is 8.60. The van der Waals surface area contributed by atoms with Gasteiger partial charge in [-0.25, -0.2) is 0 Å². The van der Waals surface area contributed by atoms with Crippen LogP contribution in [-0.2, 0) is 10.7 Å². The van der Waals surface area contributed by atoms with Crippen LogP contribution in [0.5, 0.6) is 0 Å². The van der Waals surface area contributed by atoms with E-state index in [0.29, 0.717) is 0 Å². The Hall–Kier alpha value is -1.76. The second-order valence-electron chi connectivity index (χ2n) is 3.79. The lowest BCUT2D eigenvalue weighted by atomic mass is 9.96. The van der Waals surface area contributed by atoms with E-state index in [-0.39, 0.29) is 5.56 Å². The third-order valence-corrected chi connectivity index (χ3v) is 2.19. The normalized spacial score (nSPS) is 11.2. The van der Waals surface area contributed by atoms with E-state index in [9.17, 15) is 13.6 Å². The summed E-state index contributed by atoms with van der Waals surface area (Å²) in [4.78, 5) is 11.3. The van der Waals surface area contributed by atoms with E-state index in [2.05, 4.69) is 0 Å². The molecule has 0 aliphatic carbocycles. The van der Waals surface area contributed by atoms with Gasteiger partial charge in [0.1, 0.15) is 0 Å². The van der Waals surface area contributed by atoms with Crippen LogP contribution in [0.25, 0.3) is 0 Å². The summed E-state index contributed by atoms with van der Waals surface area (Å²) in [5.74, 6) is -5.41. The molecule has 0 radical (unpaired) electrons. The van der Waals surface area contributed by atoms with Gasteiger partial charge in [-0.15, -0.1) is 0 Å². The zero-order chi connectivity index (χ0) is 12.3. The highest BCUT2D eigenvalue weighted by Crippen LogP contribution is 2.31. The van der Waals surface area contributed by atoms with Crippen LogP contribution in [0.2, 0.25) is 0 Å². The molecule has 0 unspecified atom stereocenters. The summed E-state index contributed by atoms with van der Waals surface area (Å²) < 4.78 is 27.3. The van der Waals surface area contributed by atoms with Crippen LogP contribution in [0.15, 0.2) is 24.3 Å². The highest BCUT2D eigenvalue weighted by atomic mass is 19.3. The summed E-state index contributed by atoms with van der Waals surface area (Å²) >= 11 is 0. The molecule has 0 heterocycles. The number of carbonyl (C=O) groups excluding carboxylic acids is 1. The van der Waals surface area contributed by atoms with Crippen molar-refractivity contribution in [3.8, 4) is 6.07 Å². The third kappa shape index (κ3) is 2.25. The largest absolute Gasteiger partial charge is 0.330 e. The van der Waals surface area contributed by atoms with Crippen molar-refractivity contribution in [2.45, 2.75) is 19.8 Å². The molecule has 84 valence electrons. The maximum Gasteiger partial charge on any atom is 0.330 e. The van der Waals surface area contributed by atoms with Crippen molar-refractivity contribution in [2.75, 3.05) is 0 Å². The van der Waals surface area contributed by atoms with E-state index in [0.717, 1.165) is 12.1 Å². The van der Waals surface area contributed by atoms with Crippen molar-refractivity contribution in [1.82, 2.24) is 0 Å². The molecule has 2 nitrogen and oxygen atoms in total. The standard InChI is InChI=1S/C12H11F2NO/c1-8(2)11(16)12(13,14)10-5-3-4-9(6-10)7-15/h3-6,8H,1-2H3. The monoisotopic (exact) mass is 223 g/mol. The maximum absolute atomic E-state index is 13.7. The van der Waals surface area contributed by atoms with Crippen LogP contribution in [0.1, 0.15) is 25.0 Å². The van der Waals surface area contributed by atoms with E-state index in [1.165, 1.54) is 26.0 Å². The average Bonchev–Trinajstić information content (AvgIpc) is 2.27. The number of halogens is 2. The lowest BCUT2D eigenvalue weighted by molar-refractivity contribution is -0.147. The number of rotatable bonds is 3. The molecule has 4 heteroatoms. The second-order valence-corrected chi connectivity index (χ2v) is 3.79. The van der Waals surface area contributed by atoms with Crippen molar-refractivity contribution in [3.63, 3.8) is 0 Å². The van der Waals surface area contributed by atoms with E-state index in [1.54, 1.807) is 6.07 Å². The number of nitrogens with zero attached hydrogens (tertiary/aromatic N) is 1. The Morgan fingerprint density at radius 3 is 2.56 bits per heavy atom. The SMILES string of the molecule is CC(C)C(=O)C(F)(F)c1cccc(C#N)c1. The first-order chi connectivity index (χ1) is 7.39. The third-order valence-electron chi connectivity index (χ3n) is 2.19. The minimum absolute atomic E-state index is 0.119. The molecule has 0 aliphatic rings. The van der Waals surface area contributed by atoms with E-state index in [4.69, 9.17) is 5.26 Å². The predicted molar refractivity (Wildman–Crippen MR) is 54.9 cm³/mol. The van der Waals surface area contributed by atoms with Crippen molar-refractivity contribution in [2.24, 2.45) is 5.92 Å². The highest BCUT2D eigenvalue weighted by Gasteiger charge is 2.41. The first-order valence-electron chi connectivity index (χ1n) is 4.82. The number of alkyl halides is 2. The molecule has 0 bridgehead atoms. The number of ketones is 1. The summed E-state index contributed by atoms with van der Waals surface area (Å²) in [6, 6.07) is 6.72. The van der Waals surface area contributed by atoms with Gasteiger partial charge in [0.25, 0.3) is 0 Å². The zero-order valence-corrected chi connectivity index (χ0v) is 9.00. The van der Waals surface area contributed by atoms with Crippen molar-refractivity contribution in [3.05, 3.63) is 35.4 Å². The van der Waals surface area contributed by atoms with Gasteiger partial charge < -0.3 is 0 Å². The zero-order valence-electron chi connectivity index (χ0n) is 9.00. The molecule has 0 aliphatic heterocycles. The van der Waals surface area contributed by atoms with Gasteiger partial charge >= 0.3 is 5.92 Å². The van der Waals surface area contributed by atoms with Gasteiger partial charge in [-0.05, 0) is 12.1 Å². The lowest BCUT2D eigenvalue weighted by Gasteiger charge is -2.17. The quantitative estimate of drug-likeness (QED) is 0.790. The van der Waals surface area contributed by atoms with E-state index >= 15 is 0 Å². The predicted octanol–water partition coefficient (Wildman–Crippen LogP) is 2.88. The number of hydrogen-bond donors (Lipinski definition) is 0. The van der Waals surface area contributed by atoms with E-state index < -0.39 is 23.2 Å². The molecule has 0 saturated carbocycles. The van der Waals surface area contributed by atoms with Gasteiger partial charge in [-0.3, -0.25) is 4.79 Å². The molecule has 1 aromatic rings. The molecule has 16 heavy (non-hydrogen) atoms. The van der Waals surface area contributed by atoms with Gasteiger partial charge in [0.15, 0.2) is 0 Å². The Morgan fingerprint density at radius 2 is 2.06 bits per heavy atom. The fraction of sp³-hybridized carbons (Fsp3) is 0.333. The Kier molecular flexibility index (Phi) is 3.38. The van der Waals surface area contributed by atoms with Gasteiger partial charge in [0, 0.05) is 11.5 Å². The summed E-state index contributed by atoms with van der Waals surface area (Å²) in [6.45, 7) is 2.84. The number of Topliss-reactive ketones (excluding diaryl/α,β-unsaturated/α-hetero) is 1. The van der Waals surface area contributed by atoms with Crippen LogP contribution in [-0.4, -0.2) is 5.78 Å². The maximum atomic E-state index is 13.7. The Labute approximate surface area is 92.5 Å². The Bertz CT molecular complexity index is 447. The first kappa shape index (κ1) is 12.3. The van der Waals surface area contributed by atoms with Crippen molar-refractivity contribution < 1.29 is 13.6 Å². The fourth-order valence-corrected chi connectivity index (χ4v) is 1.29. The second kappa shape index (κ2) is 4.40. The van der Waals surface area contributed by atoms with Gasteiger partial charge in [-0.2, -0.15) is 14.0 Å². The molecular formula is C12H11F2NO. The molecule has 0 saturated heterocycles. The molecule has 1 rings (SSSR count). The number of benzene rings is 1. The Balaban J connectivity index is 3.17. The summed E-state index contributed by atoms with van der Waals surface area (Å²) in [6.07, 6.45) is 0.